The maximum absolute atomic E-state index is 12.5. The van der Waals surface area contributed by atoms with E-state index < -0.39 is 5.78 Å². The van der Waals surface area contributed by atoms with Crippen molar-refractivity contribution in [2.24, 2.45) is 0 Å². The molecule has 0 spiro atoms. The maximum atomic E-state index is 12.5. The molecule has 1 heterocycles. The molecule has 0 radical (unpaired) electrons. The van der Waals surface area contributed by atoms with Crippen LogP contribution in [0.15, 0.2) is 54.6 Å². The minimum absolute atomic E-state index is 0.0610. The fourth-order valence-electron chi connectivity index (χ4n) is 2.54. The summed E-state index contributed by atoms with van der Waals surface area (Å²) in [6, 6.07) is 13.3. The van der Waals surface area contributed by atoms with Crippen LogP contribution in [-0.2, 0) is 0 Å². The molecule has 0 fully saturated rings. The van der Waals surface area contributed by atoms with Crippen molar-refractivity contribution in [2.45, 2.75) is 6.92 Å². The monoisotopic (exact) mass is 321 g/mol. The molecule has 3 aromatic rings. The van der Waals surface area contributed by atoms with Gasteiger partial charge in [0, 0.05) is 16.7 Å². The van der Waals surface area contributed by atoms with Crippen LogP contribution in [0.25, 0.3) is 17.1 Å². The van der Waals surface area contributed by atoms with Crippen LogP contribution in [0.3, 0.4) is 0 Å². The van der Waals surface area contributed by atoms with Gasteiger partial charge in [0.25, 0.3) is 11.3 Å². The standard InChI is InChI=1S/C18H15N3O3/c1-12-18(17(22)10-9-13-5-4-6-14(19)11-13)21(24)16-8-3-2-7-15(16)20(12)23/h2-11H,19H2,1H3/b10-9+. The highest BCUT2D eigenvalue weighted by atomic mass is 16.5. The minimum Gasteiger partial charge on any atom is -0.805 e. The van der Waals surface area contributed by atoms with Crippen molar-refractivity contribution in [3.63, 3.8) is 0 Å². The molecule has 24 heavy (non-hydrogen) atoms. The minimum atomic E-state index is -0.541. The third kappa shape index (κ3) is 2.65. The van der Waals surface area contributed by atoms with Gasteiger partial charge in [-0.2, -0.15) is 0 Å². The van der Waals surface area contributed by atoms with Crippen LogP contribution in [-0.4, -0.2) is 10.5 Å². The van der Waals surface area contributed by atoms with Crippen LogP contribution in [0.5, 0.6) is 0 Å². The Kier molecular flexibility index (Phi) is 3.87. The van der Waals surface area contributed by atoms with Crippen molar-refractivity contribution in [3.8, 4) is 0 Å². The molecular weight excluding hydrogens is 306 g/mol. The van der Waals surface area contributed by atoms with Crippen LogP contribution in [0.2, 0.25) is 0 Å². The Morgan fingerprint density at radius 1 is 1.21 bits per heavy atom. The zero-order chi connectivity index (χ0) is 17.3. The van der Waals surface area contributed by atoms with Gasteiger partial charge in [-0.3, -0.25) is 4.79 Å². The maximum Gasteiger partial charge on any atom is 0.329 e. The summed E-state index contributed by atoms with van der Waals surface area (Å²) in [5.74, 6) is -0.541. The van der Waals surface area contributed by atoms with Gasteiger partial charge in [-0.1, -0.05) is 30.3 Å². The normalized spacial score (nSPS) is 11.2. The number of hydrogen-bond acceptors (Lipinski definition) is 4. The Morgan fingerprint density at radius 3 is 2.71 bits per heavy atom. The fourth-order valence-corrected chi connectivity index (χ4v) is 2.54. The highest BCUT2D eigenvalue weighted by Crippen LogP contribution is 2.15. The first-order chi connectivity index (χ1) is 11.5. The number of carbonyl (C=O) groups is 1. The highest BCUT2D eigenvalue weighted by Gasteiger charge is 2.24. The highest BCUT2D eigenvalue weighted by molar-refractivity contribution is 6.05. The molecule has 3 rings (SSSR count). The lowest BCUT2D eigenvalue weighted by Crippen LogP contribution is -2.29. The van der Waals surface area contributed by atoms with E-state index in [1.165, 1.54) is 19.1 Å². The molecule has 2 N–H and O–H groups in total. The molecule has 0 amide bonds. The van der Waals surface area contributed by atoms with E-state index in [9.17, 15) is 14.9 Å². The lowest BCUT2D eigenvalue weighted by atomic mass is 10.1. The lowest BCUT2D eigenvalue weighted by molar-refractivity contribution is -0.468. The molecule has 1 aromatic heterocycles. The molecule has 6 heteroatoms. The molecule has 0 aliphatic heterocycles. The first kappa shape index (κ1) is 15.5. The molecule has 0 unspecified atom stereocenters. The van der Waals surface area contributed by atoms with Gasteiger partial charge in [0.1, 0.15) is 5.52 Å². The number of hydrogen-bond donors (Lipinski definition) is 1. The molecule has 0 aliphatic carbocycles. The van der Waals surface area contributed by atoms with E-state index in [2.05, 4.69) is 0 Å². The number of benzene rings is 2. The van der Waals surface area contributed by atoms with Gasteiger partial charge in [0.05, 0.1) is 10.1 Å². The molecule has 0 bridgehead atoms. The van der Waals surface area contributed by atoms with Gasteiger partial charge in [-0.05, 0) is 36.8 Å². The molecule has 6 nitrogen and oxygen atoms in total. The van der Waals surface area contributed by atoms with Crippen molar-refractivity contribution in [3.05, 3.63) is 81.7 Å². The molecule has 120 valence electrons. The van der Waals surface area contributed by atoms with Crippen molar-refractivity contribution < 1.29 is 9.22 Å². The number of ketones is 1. The summed E-state index contributed by atoms with van der Waals surface area (Å²) in [6.45, 7) is 1.45. The second kappa shape index (κ2) is 6.00. The van der Waals surface area contributed by atoms with Gasteiger partial charge in [-0.25, -0.2) is 0 Å². The average Bonchev–Trinajstić information content (AvgIpc) is 2.58. The molecule has 0 saturated carbocycles. The third-order valence-electron chi connectivity index (χ3n) is 3.74. The number of nitrogens with two attached hydrogens (primary N) is 1. The average molecular weight is 321 g/mol. The summed E-state index contributed by atoms with van der Waals surface area (Å²) in [5, 5.41) is 12.3. The Labute approximate surface area is 137 Å². The first-order valence-electron chi connectivity index (χ1n) is 7.31. The van der Waals surface area contributed by atoms with E-state index in [4.69, 9.17) is 5.73 Å². The van der Waals surface area contributed by atoms with Gasteiger partial charge in [0.15, 0.2) is 0 Å². The quantitative estimate of drug-likeness (QED) is 0.347. The largest absolute Gasteiger partial charge is 0.805 e. The van der Waals surface area contributed by atoms with E-state index >= 15 is 0 Å². The molecular formula is C18H15N3O3. The summed E-state index contributed by atoms with van der Waals surface area (Å²) >= 11 is 0. The number of rotatable bonds is 3. The molecule has 0 atom stereocenters. The molecule has 2 aromatic carbocycles. The summed E-state index contributed by atoms with van der Waals surface area (Å²) < 4.78 is 1.11. The SMILES string of the molecule is Cc1c(C(=O)/C=C/c2cccc(N)c2)[n+](=O)c2ccccc2n1[O-]. The second-order valence-electron chi connectivity index (χ2n) is 5.38. The predicted molar refractivity (Wildman–Crippen MR) is 93.0 cm³/mol. The van der Waals surface area contributed by atoms with E-state index in [0.29, 0.717) is 14.8 Å². The molecule has 0 saturated heterocycles. The summed E-state index contributed by atoms with van der Waals surface area (Å²) in [6.07, 6.45) is 2.82. The van der Waals surface area contributed by atoms with E-state index in [1.54, 1.807) is 48.5 Å². The number of allylic oxidation sites excluding steroid dienone is 1. The fraction of sp³-hybridized carbons (Fsp3) is 0.0556. The van der Waals surface area contributed by atoms with Gasteiger partial charge in [-0.15, -0.1) is 0 Å². The Bertz CT molecular complexity index is 1040. The Morgan fingerprint density at radius 2 is 1.96 bits per heavy atom. The van der Waals surface area contributed by atoms with Crippen molar-refractivity contribution in [2.75, 3.05) is 5.73 Å². The third-order valence-corrected chi connectivity index (χ3v) is 3.74. The number of aromatic nitrogens is 2. The van der Waals surface area contributed by atoms with Crippen molar-refractivity contribution in [1.29, 1.82) is 0 Å². The van der Waals surface area contributed by atoms with Crippen molar-refractivity contribution in [1.82, 2.24) is 4.73 Å². The zero-order valence-corrected chi connectivity index (χ0v) is 13.0. The van der Waals surface area contributed by atoms with Gasteiger partial charge in [0.2, 0.25) is 0 Å². The first-order valence-corrected chi connectivity index (χ1v) is 7.31. The number of nitrogen functional groups attached to an aromatic ring is 1. The number of nitrogens with zero attached hydrogens (tertiary/aromatic N) is 2. The number of anilines is 1. The summed E-state index contributed by atoms with van der Waals surface area (Å²) in [4.78, 5) is 24.9. The lowest BCUT2D eigenvalue weighted by Gasteiger charge is -2.15. The van der Waals surface area contributed by atoms with E-state index in [-0.39, 0.29) is 22.4 Å². The van der Waals surface area contributed by atoms with E-state index in [0.717, 1.165) is 5.56 Å². The Hall–Kier alpha value is -3.41. The number of para-hydroxylation sites is 2. The second-order valence-corrected chi connectivity index (χ2v) is 5.38. The van der Waals surface area contributed by atoms with Crippen LogP contribution >= 0.6 is 0 Å². The van der Waals surface area contributed by atoms with Crippen LogP contribution in [0, 0.1) is 17.0 Å². The smallest absolute Gasteiger partial charge is 0.329 e. The summed E-state index contributed by atoms with van der Waals surface area (Å²) in [7, 11) is 0. The topological polar surface area (TPSA) is 94.1 Å². The van der Waals surface area contributed by atoms with Crippen LogP contribution in [0.4, 0.5) is 5.69 Å². The number of fused-ring (bicyclic) bond motifs is 1. The zero-order valence-electron chi connectivity index (χ0n) is 13.0. The Balaban J connectivity index is 2.09. The summed E-state index contributed by atoms with van der Waals surface area (Å²) in [5.41, 5.74) is 7.24. The predicted octanol–water partition coefficient (Wildman–Crippen LogP) is 2.69. The number of carbonyl (C=O) groups excluding carboxylic acids is 1. The molecule has 0 aliphatic rings. The van der Waals surface area contributed by atoms with Crippen molar-refractivity contribution >= 4 is 28.6 Å². The van der Waals surface area contributed by atoms with Crippen LogP contribution < -0.4 is 10.2 Å². The van der Waals surface area contributed by atoms with Gasteiger partial charge < -0.3 is 15.7 Å². The van der Waals surface area contributed by atoms with Crippen LogP contribution in [0.1, 0.15) is 21.7 Å². The van der Waals surface area contributed by atoms with Gasteiger partial charge >= 0.3 is 5.69 Å². The van der Waals surface area contributed by atoms with E-state index in [1.807, 2.05) is 0 Å².